The molecule has 0 aliphatic rings. The molecule has 0 spiro atoms. The summed E-state index contributed by atoms with van der Waals surface area (Å²) >= 11 is 0. The molecule has 0 aromatic heterocycles. The van der Waals surface area contributed by atoms with Gasteiger partial charge >= 0.3 is 0 Å². The Morgan fingerprint density at radius 3 is 2.75 bits per heavy atom. The summed E-state index contributed by atoms with van der Waals surface area (Å²) in [6.45, 7) is 4.70. The Hall–Kier alpha value is -1.55. The van der Waals surface area contributed by atoms with E-state index in [1.807, 2.05) is 24.3 Å². The minimum atomic E-state index is -0.109. The smallest absolute Gasteiger partial charge is 0.258 e. The average Bonchev–Trinajstić information content (AvgIpc) is 2.49. The number of unbranched alkanes of at least 4 members (excludes halogenated alkanes) is 1. The van der Waals surface area contributed by atoms with E-state index in [0.717, 1.165) is 37.0 Å². The number of nitrogens with one attached hydrogen (secondary N) is 1. The third-order valence-electron chi connectivity index (χ3n) is 3.27. The van der Waals surface area contributed by atoms with Crippen molar-refractivity contribution in [2.45, 2.75) is 45.6 Å². The molecule has 1 aromatic rings. The van der Waals surface area contributed by atoms with Crippen molar-refractivity contribution < 1.29 is 9.53 Å². The third kappa shape index (κ3) is 5.61. The summed E-state index contributed by atoms with van der Waals surface area (Å²) in [5, 5.41) is 2.92. The lowest BCUT2D eigenvalue weighted by Crippen LogP contribution is -2.42. The molecule has 0 aliphatic heterocycles. The molecular weight excluding hydrogens is 252 g/mol. The Bertz CT molecular complexity index is 407. The lowest BCUT2D eigenvalue weighted by molar-refractivity contribution is -0.123. The summed E-state index contributed by atoms with van der Waals surface area (Å²) in [7, 11) is 0. The molecular formula is C16H26N2O2. The van der Waals surface area contributed by atoms with Gasteiger partial charge in [-0.25, -0.2) is 0 Å². The standard InChI is InChI=1S/C16H26N2O2/c1-3-5-9-14(11-17)18-16(19)12-20-15-10-7-6-8-13(15)4-2/h6-8,10,14H,3-5,9,11-12,17H2,1-2H3,(H,18,19). The van der Waals surface area contributed by atoms with Gasteiger partial charge in [-0.1, -0.05) is 44.9 Å². The molecule has 3 N–H and O–H groups in total. The van der Waals surface area contributed by atoms with Crippen molar-refractivity contribution in [1.29, 1.82) is 0 Å². The lowest BCUT2D eigenvalue weighted by atomic mass is 10.1. The Labute approximate surface area is 121 Å². The zero-order valence-electron chi connectivity index (χ0n) is 12.5. The summed E-state index contributed by atoms with van der Waals surface area (Å²) in [5.74, 6) is 0.672. The molecule has 0 bridgehead atoms. The minimum absolute atomic E-state index is 0.0413. The Morgan fingerprint density at radius 1 is 1.35 bits per heavy atom. The zero-order valence-corrected chi connectivity index (χ0v) is 12.5. The molecule has 112 valence electrons. The van der Waals surface area contributed by atoms with Crippen LogP contribution >= 0.6 is 0 Å². The van der Waals surface area contributed by atoms with Crippen molar-refractivity contribution in [2.24, 2.45) is 5.73 Å². The van der Waals surface area contributed by atoms with Crippen LogP contribution in [0.1, 0.15) is 38.7 Å². The van der Waals surface area contributed by atoms with Crippen molar-refractivity contribution in [2.75, 3.05) is 13.2 Å². The first-order valence-corrected chi connectivity index (χ1v) is 7.41. The average molecular weight is 278 g/mol. The quantitative estimate of drug-likeness (QED) is 0.728. The van der Waals surface area contributed by atoms with Gasteiger partial charge in [0, 0.05) is 12.6 Å². The van der Waals surface area contributed by atoms with Gasteiger partial charge in [0.05, 0.1) is 0 Å². The van der Waals surface area contributed by atoms with Gasteiger partial charge in [0.25, 0.3) is 5.91 Å². The number of carbonyl (C=O) groups excluding carboxylic acids is 1. The highest BCUT2D eigenvalue weighted by atomic mass is 16.5. The Kier molecular flexibility index (Phi) is 7.73. The monoisotopic (exact) mass is 278 g/mol. The van der Waals surface area contributed by atoms with E-state index in [9.17, 15) is 4.79 Å². The van der Waals surface area contributed by atoms with Gasteiger partial charge in [0.2, 0.25) is 0 Å². The number of hydrogen-bond donors (Lipinski definition) is 2. The molecule has 20 heavy (non-hydrogen) atoms. The Morgan fingerprint density at radius 2 is 2.10 bits per heavy atom. The van der Waals surface area contributed by atoms with E-state index >= 15 is 0 Å². The maximum atomic E-state index is 11.9. The van der Waals surface area contributed by atoms with E-state index < -0.39 is 0 Å². The van der Waals surface area contributed by atoms with Crippen LogP contribution in [0.25, 0.3) is 0 Å². The third-order valence-corrected chi connectivity index (χ3v) is 3.27. The normalized spacial score (nSPS) is 11.9. The number of nitrogens with two attached hydrogens (primary N) is 1. The Balaban J connectivity index is 2.42. The number of amides is 1. The fourth-order valence-electron chi connectivity index (χ4n) is 2.05. The second kappa shape index (κ2) is 9.37. The molecule has 0 saturated carbocycles. The first-order chi connectivity index (χ1) is 9.71. The van der Waals surface area contributed by atoms with Crippen molar-refractivity contribution in [3.05, 3.63) is 29.8 Å². The van der Waals surface area contributed by atoms with Crippen LogP contribution < -0.4 is 15.8 Å². The van der Waals surface area contributed by atoms with Gasteiger partial charge in [0.1, 0.15) is 5.75 Å². The van der Waals surface area contributed by atoms with E-state index in [1.165, 1.54) is 0 Å². The second-order valence-corrected chi connectivity index (χ2v) is 4.89. The summed E-state index contributed by atoms with van der Waals surface area (Å²) < 4.78 is 5.59. The van der Waals surface area contributed by atoms with Crippen molar-refractivity contribution in [1.82, 2.24) is 5.32 Å². The number of hydrogen-bond acceptors (Lipinski definition) is 3. The summed E-state index contributed by atoms with van der Waals surface area (Å²) in [6.07, 6.45) is 3.98. The molecule has 1 rings (SSSR count). The zero-order chi connectivity index (χ0) is 14.8. The predicted octanol–water partition coefficient (Wildman–Crippen LogP) is 2.26. The number of carbonyl (C=O) groups is 1. The summed E-state index contributed by atoms with van der Waals surface area (Å²) in [6, 6.07) is 7.84. The number of aryl methyl sites for hydroxylation is 1. The topological polar surface area (TPSA) is 64.3 Å². The number of benzene rings is 1. The van der Waals surface area contributed by atoms with Crippen LogP contribution in [0, 0.1) is 0 Å². The molecule has 4 nitrogen and oxygen atoms in total. The molecule has 0 heterocycles. The van der Waals surface area contributed by atoms with Crippen LogP contribution in [0.2, 0.25) is 0 Å². The van der Waals surface area contributed by atoms with Gasteiger partial charge in [-0.3, -0.25) is 4.79 Å². The fraction of sp³-hybridized carbons (Fsp3) is 0.562. The van der Waals surface area contributed by atoms with E-state index in [-0.39, 0.29) is 18.6 Å². The maximum Gasteiger partial charge on any atom is 0.258 e. The van der Waals surface area contributed by atoms with Crippen LogP contribution in [0.5, 0.6) is 5.75 Å². The molecule has 1 atom stereocenters. The van der Waals surface area contributed by atoms with E-state index in [2.05, 4.69) is 19.2 Å². The lowest BCUT2D eigenvalue weighted by Gasteiger charge is -2.17. The number of ether oxygens (including phenoxy) is 1. The minimum Gasteiger partial charge on any atom is -0.483 e. The largest absolute Gasteiger partial charge is 0.483 e. The molecule has 1 aromatic carbocycles. The van der Waals surface area contributed by atoms with Crippen molar-refractivity contribution in [3.8, 4) is 5.75 Å². The van der Waals surface area contributed by atoms with E-state index in [1.54, 1.807) is 0 Å². The highest BCUT2D eigenvalue weighted by Crippen LogP contribution is 2.17. The molecule has 0 aliphatic carbocycles. The van der Waals surface area contributed by atoms with Crippen LogP contribution in [0.15, 0.2) is 24.3 Å². The first-order valence-electron chi connectivity index (χ1n) is 7.41. The SMILES string of the molecule is CCCCC(CN)NC(=O)COc1ccccc1CC. The van der Waals surface area contributed by atoms with Crippen LogP contribution in [-0.4, -0.2) is 25.1 Å². The van der Waals surface area contributed by atoms with Crippen molar-refractivity contribution in [3.63, 3.8) is 0 Å². The van der Waals surface area contributed by atoms with Crippen LogP contribution in [-0.2, 0) is 11.2 Å². The molecule has 1 unspecified atom stereocenters. The molecule has 0 fully saturated rings. The van der Waals surface area contributed by atoms with Gasteiger partial charge in [0.15, 0.2) is 6.61 Å². The van der Waals surface area contributed by atoms with Gasteiger partial charge < -0.3 is 15.8 Å². The van der Waals surface area contributed by atoms with Crippen LogP contribution in [0.4, 0.5) is 0 Å². The molecule has 0 radical (unpaired) electrons. The summed E-state index contributed by atoms with van der Waals surface area (Å²) in [4.78, 5) is 11.9. The number of rotatable bonds is 9. The van der Waals surface area contributed by atoms with E-state index in [0.29, 0.717) is 6.54 Å². The second-order valence-electron chi connectivity index (χ2n) is 4.89. The van der Waals surface area contributed by atoms with Crippen LogP contribution in [0.3, 0.4) is 0 Å². The highest BCUT2D eigenvalue weighted by molar-refractivity contribution is 5.77. The highest BCUT2D eigenvalue weighted by Gasteiger charge is 2.11. The molecule has 1 amide bonds. The molecule has 0 saturated heterocycles. The first kappa shape index (κ1) is 16.5. The predicted molar refractivity (Wildman–Crippen MR) is 81.8 cm³/mol. The maximum absolute atomic E-state index is 11.9. The van der Waals surface area contributed by atoms with Gasteiger partial charge in [-0.15, -0.1) is 0 Å². The molecule has 4 heteroatoms. The number of para-hydroxylation sites is 1. The van der Waals surface area contributed by atoms with Crippen molar-refractivity contribution >= 4 is 5.91 Å². The fourth-order valence-corrected chi connectivity index (χ4v) is 2.05. The van der Waals surface area contributed by atoms with Gasteiger partial charge in [-0.05, 0) is 24.5 Å². The van der Waals surface area contributed by atoms with Gasteiger partial charge in [-0.2, -0.15) is 0 Å². The van der Waals surface area contributed by atoms with E-state index in [4.69, 9.17) is 10.5 Å². The summed E-state index contributed by atoms with van der Waals surface area (Å²) in [5.41, 5.74) is 6.77.